The van der Waals surface area contributed by atoms with Crippen LogP contribution in [0.1, 0.15) is 88.2 Å². The highest BCUT2D eigenvalue weighted by atomic mass is 16.5. The van der Waals surface area contributed by atoms with Gasteiger partial charge in [-0.25, -0.2) is 19.6 Å². The van der Waals surface area contributed by atoms with Crippen LogP contribution in [0.4, 0.5) is 15.3 Å². The lowest BCUT2D eigenvalue weighted by molar-refractivity contribution is -0.136. The Labute approximate surface area is 365 Å². The van der Waals surface area contributed by atoms with Gasteiger partial charge in [0.25, 0.3) is 0 Å². The quantitative estimate of drug-likeness (QED) is 0.0945. The Morgan fingerprint density at radius 3 is 1.81 bits per heavy atom. The first-order chi connectivity index (χ1) is 30.4. The monoisotopic (exact) mass is 856 g/mol. The van der Waals surface area contributed by atoms with Gasteiger partial charge in [-0.15, -0.1) is 0 Å². The molecule has 0 radical (unpaired) electrons. The summed E-state index contributed by atoms with van der Waals surface area (Å²) in [4.78, 5) is 78.2. The molecular formula is C47H56N10O6. The Kier molecular flexibility index (Phi) is 11.2. The van der Waals surface area contributed by atoms with Crippen LogP contribution in [0, 0.1) is 11.8 Å². The summed E-state index contributed by atoms with van der Waals surface area (Å²) in [5.74, 6) is 1.03. The summed E-state index contributed by atoms with van der Waals surface area (Å²) < 4.78 is 9.59. The van der Waals surface area contributed by atoms with E-state index in [-0.39, 0.29) is 35.7 Å². The number of amides is 4. The molecule has 2 saturated heterocycles. The highest BCUT2D eigenvalue weighted by Gasteiger charge is 2.39. The molecule has 0 bridgehead atoms. The molecule has 9 rings (SSSR count). The average Bonchev–Trinajstić information content (AvgIpc) is 4.14. The van der Waals surface area contributed by atoms with Crippen LogP contribution < -0.4 is 15.5 Å². The zero-order valence-electron chi connectivity index (χ0n) is 36.7. The van der Waals surface area contributed by atoms with Gasteiger partial charge in [-0.05, 0) is 104 Å². The molecule has 3 aromatic heterocycles. The van der Waals surface area contributed by atoms with E-state index in [1.807, 2.05) is 49.6 Å². The number of hydrogen-bond acceptors (Lipinski definition) is 9. The molecule has 0 aliphatic carbocycles. The van der Waals surface area contributed by atoms with E-state index in [1.165, 1.54) is 25.3 Å². The molecule has 63 heavy (non-hydrogen) atoms. The SMILES string of the molecule is COC(=O)NC(C(=O)N1CCCC1c1nc2ccc(-c3cc4cc5c(cc4[nH]3)CN(c3ccc4nc(C6CCCN6C(=O)C(NC(=O)OC)C(C)C)[nH]c4c3)CC5)cc2[nH]1)C(C)C. The number of benzene rings is 3. The number of fused-ring (bicyclic) bond motifs is 4. The van der Waals surface area contributed by atoms with Crippen molar-refractivity contribution in [3.05, 3.63) is 77.4 Å². The summed E-state index contributed by atoms with van der Waals surface area (Å²) in [5.41, 5.74) is 10.3. The number of aromatic amines is 3. The molecule has 2 fully saturated rings. The summed E-state index contributed by atoms with van der Waals surface area (Å²) in [5, 5.41) is 6.61. The van der Waals surface area contributed by atoms with Crippen molar-refractivity contribution in [1.82, 2.24) is 45.4 Å². The third kappa shape index (κ3) is 8.02. The van der Waals surface area contributed by atoms with E-state index in [0.717, 1.165) is 107 Å². The van der Waals surface area contributed by atoms with Gasteiger partial charge in [-0.1, -0.05) is 33.8 Å². The van der Waals surface area contributed by atoms with Crippen molar-refractivity contribution in [2.24, 2.45) is 11.8 Å². The second kappa shape index (κ2) is 16.9. The lowest BCUT2D eigenvalue weighted by Crippen LogP contribution is -2.51. The Morgan fingerprint density at radius 2 is 1.24 bits per heavy atom. The Hall–Kier alpha value is -6.58. The highest BCUT2D eigenvalue weighted by molar-refractivity contribution is 5.91. The molecule has 0 spiro atoms. The number of likely N-dealkylation sites (tertiary alicyclic amines) is 2. The molecule has 330 valence electrons. The van der Waals surface area contributed by atoms with Crippen LogP contribution >= 0.6 is 0 Å². The summed E-state index contributed by atoms with van der Waals surface area (Å²) in [7, 11) is 2.60. The van der Waals surface area contributed by atoms with Crippen molar-refractivity contribution in [2.45, 2.75) is 90.5 Å². The fourth-order valence-corrected chi connectivity index (χ4v) is 9.68. The van der Waals surface area contributed by atoms with Gasteiger partial charge in [0.1, 0.15) is 23.7 Å². The normalized spacial score (nSPS) is 18.7. The molecule has 3 aromatic carbocycles. The molecule has 16 nitrogen and oxygen atoms in total. The number of ether oxygens (including phenoxy) is 2. The van der Waals surface area contributed by atoms with Gasteiger partial charge >= 0.3 is 12.2 Å². The molecule has 4 unspecified atom stereocenters. The maximum Gasteiger partial charge on any atom is 0.407 e. The third-order valence-electron chi connectivity index (χ3n) is 13.1. The van der Waals surface area contributed by atoms with Gasteiger partial charge in [-0.3, -0.25) is 9.59 Å². The summed E-state index contributed by atoms with van der Waals surface area (Å²) in [6, 6.07) is 17.5. The van der Waals surface area contributed by atoms with Gasteiger partial charge in [0, 0.05) is 54.0 Å². The maximum atomic E-state index is 13.7. The Balaban J connectivity index is 0.905. The topological polar surface area (TPSA) is 194 Å². The van der Waals surface area contributed by atoms with Crippen LogP contribution in [-0.2, 0) is 32.0 Å². The minimum Gasteiger partial charge on any atom is -0.453 e. The predicted molar refractivity (Wildman–Crippen MR) is 240 cm³/mol. The summed E-state index contributed by atoms with van der Waals surface area (Å²) >= 11 is 0. The van der Waals surface area contributed by atoms with E-state index < -0.39 is 24.3 Å². The Bertz CT molecular complexity index is 2720. The molecule has 16 heteroatoms. The number of carbonyl (C=O) groups is 4. The molecule has 3 aliphatic heterocycles. The van der Waals surface area contributed by atoms with Crippen LogP contribution in [-0.4, -0.2) is 105 Å². The van der Waals surface area contributed by atoms with E-state index in [2.05, 4.69) is 72.9 Å². The second-order valence-electron chi connectivity index (χ2n) is 17.8. The largest absolute Gasteiger partial charge is 0.453 e. The first-order valence-electron chi connectivity index (χ1n) is 22.1. The van der Waals surface area contributed by atoms with E-state index in [0.29, 0.717) is 13.1 Å². The van der Waals surface area contributed by atoms with Crippen molar-refractivity contribution < 1.29 is 28.7 Å². The molecule has 3 aliphatic rings. The first kappa shape index (κ1) is 41.8. The van der Waals surface area contributed by atoms with Crippen LogP contribution in [0.15, 0.2) is 54.6 Å². The third-order valence-corrected chi connectivity index (χ3v) is 13.1. The zero-order valence-corrected chi connectivity index (χ0v) is 36.7. The first-order valence-corrected chi connectivity index (χ1v) is 22.1. The van der Waals surface area contributed by atoms with E-state index >= 15 is 0 Å². The van der Waals surface area contributed by atoms with Crippen LogP contribution in [0.3, 0.4) is 0 Å². The second-order valence-corrected chi connectivity index (χ2v) is 17.8. The number of nitrogens with one attached hydrogen (secondary N) is 5. The lowest BCUT2D eigenvalue weighted by Gasteiger charge is -2.31. The number of carbonyl (C=O) groups excluding carboxylic acids is 4. The van der Waals surface area contributed by atoms with Crippen molar-refractivity contribution >= 4 is 62.7 Å². The van der Waals surface area contributed by atoms with E-state index in [9.17, 15) is 19.2 Å². The number of imidazole rings is 2. The van der Waals surface area contributed by atoms with E-state index in [1.54, 1.807) is 0 Å². The van der Waals surface area contributed by atoms with Crippen LogP contribution in [0.2, 0.25) is 0 Å². The number of rotatable bonds is 10. The van der Waals surface area contributed by atoms with Gasteiger partial charge in [0.2, 0.25) is 11.8 Å². The molecule has 4 atom stereocenters. The minimum absolute atomic E-state index is 0.104. The zero-order chi connectivity index (χ0) is 44.1. The number of alkyl carbamates (subject to hydrolysis) is 2. The smallest absolute Gasteiger partial charge is 0.407 e. The number of anilines is 1. The van der Waals surface area contributed by atoms with Gasteiger partial charge in [-0.2, -0.15) is 0 Å². The molecule has 6 aromatic rings. The van der Waals surface area contributed by atoms with Gasteiger partial charge < -0.3 is 49.8 Å². The van der Waals surface area contributed by atoms with Crippen molar-refractivity contribution in [2.75, 3.05) is 38.8 Å². The fraction of sp³-hybridized carbons (Fsp3) is 0.447. The molecule has 5 N–H and O–H groups in total. The van der Waals surface area contributed by atoms with Gasteiger partial charge in [0.15, 0.2) is 0 Å². The average molecular weight is 857 g/mol. The number of methoxy groups -OCH3 is 2. The summed E-state index contributed by atoms with van der Waals surface area (Å²) in [6.07, 6.45) is 2.95. The summed E-state index contributed by atoms with van der Waals surface area (Å²) in [6.45, 7) is 10.5. The molecular weight excluding hydrogens is 801 g/mol. The maximum absolute atomic E-state index is 13.7. The van der Waals surface area contributed by atoms with Crippen LogP contribution in [0.5, 0.6) is 0 Å². The molecule has 6 heterocycles. The number of hydrogen-bond donors (Lipinski definition) is 5. The number of nitrogens with zero attached hydrogens (tertiary/aromatic N) is 5. The van der Waals surface area contributed by atoms with Crippen molar-refractivity contribution in [3.8, 4) is 11.3 Å². The fourth-order valence-electron chi connectivity index (χ4n) is 9.68. The predicted octanol–water partition coefficient (Wildman–Crippen LogP) is 7.24. The Morgan fingerprint density at radius 1 is 0.667 bits per heavy atom. The van der Waals surface area contributed by atoms with E-state index in [4.69, 9.17) is 19.4 Å². The standard InChI is InChI=1S/C47H56N10O6/c1-25(2)40(53-46(60)62-5)44(58)56-16-7-9-38(56)42-49-32-13-11-28(20-36(32)51-42)34-21-29-19-27-15-18-55(24-30(27)22-35(29)48-34)31-12-14-33-37(23-31)52-43(50-33)39-10-8-17-57(39)45(59)41(26(3)4)54-47(61)63-6/h11-14,19-23,25-26,38-41,48H,7-10,15-18,24H2,1-6H3,(H,49,51)(H,50,52)(H,53,60)(H,54,61). The number of H-pyrrole nitrogens is 3. The van der Waals surface area contributed by atoms with Gasteiger partial charge in [0.05, 0.1) is 48.4 Å². The minimum atomic E-state index is -0.691. The van der Waals surface area contributed by atoms with Crippen molar-refractivity contribution in [1.29, 1.82) is 0 Å². The highest BCUT2D eigenvalue weighted by Crippen LogP contribution is 2.37. The molecule has 4 amide bonds. The number of aromatic nitrogens is 5. The van der Waals surface area contributed by atoms with Crippen molar-refractivity contribution in [3.63, 3.8) is 0 Å². The lowest BCUT2D eigenvalue weighted by atomic mass is 9.97. The van der Waals surface area contributed by atoms with Crippen LogP contribution in [0.25, 0.3) is 44.2 Å². The molecule has 0 saturated carbocycles.